The number of fused-ring (bicyclic) bond motifs is 1. The van der Waals surface area contributed by atoms with Crippen molar-refractivity contribution in [3.8, 4) is 22.8 Å². The Bertz CT molecular complexity index is 1310. The van der Waals surface area contributed by atoms with Crippen molar-refractivity contribution in [3.63, 3.8) is 0 Å². The lowest BCUT2D eigenvalue weighted by molar-refractivity contribution is -0.133. The summed E-state index contributed by atoms with van der Waals surface area (Å²) in [4.78, 5) is 43.8. The van der Waals surface area contributed by atoms with Gasteiger partial charge in [0.2, 0.25) is 12.7 Å². The predicted octanol–water partition coefficient (Wildman–Crippen LogP) is 3.34. The molecule has 1 atom stereocenters. The Morgan fingerprint density at radius 2 is 2.03 bits per heavy atom. The van der Waals surface area contributed by atoms with E-state index >= 15 is 0 Å². The van der Waals surface area contributed by atoms with Gasteiger partial charge in [0.25, 0.3) is 5.91 Å². The molecule has 1 saturated heterocycles. The van der Waals surface area contributed by atoms with Gasteiger partial charge in [0.15, 0.2) is 11.5 Å². The molecule has 9 nitrogen and oxygen atoms in total. The van der Waals surface area contributed by atoms with E-state index in [1.807, 2.05) is 36.6 Å². The predicted molar refractivity (Wildman–Crippen MR) is 126 cm³/mol. The number of nitrogens with one attached hydrogen (secondary N) is 2. The molecule has 34 heavy (non-hydrogen) atoms. The molecule has 2 aliphatic rings. The van der Waals surface area contributed by atoms with E-state index in [1.54, 1.807) is 36.5 Å². The minimum atomic E-state index is -1.17. The van der Waals surface area contributed by atoms with E-state index in [1.165, 1.54) is 0 Å². The molecule has 2 N–H and O–H groups in total. The number of carbonyl (C=O) groups excluding carboxylic acids is 3. The molecule has 0 saturated carbocycles. The summed E-state index contributed by atoms with van der Waals surface area (Å²) in [5, 5.41) is 8.39. The van der Waals surface area contributed by atoms with Crippen LogP contribution < -0.4 is 20.1 Å². The van der Waals surface area contributed by atoms with Crippen LogP contribution in [0.4, 0.5) is 10.5 Å². The van der Waals surface area contributed by atoms with Gasteiger partial charge < -0.3 is 20.1 Å². The third-order valence-corrected chi connectivity index (χ3v) is 6.48. The highest BCUT2D eigenvalue weighted by atomic mass is 32.1. The summed E-state index contributed by atoms with van der Waals surface area (Å²) in [7, 11) is 0. The molecule has 10 heteroatoms. The van der Waals surface area contributed by atoms with Gasteiger partial charge in [-0.05, 0) is 43.7 Å². The first-order chi connectivity index (χ1) is 16.3. The molecule has 4 amide bonds. The Kier molecular flexibility index (Phi) is 5.45. The number of thiazole rings is 1. The van der Waals surface area contributed by atoms with Crippen LogP contribution in [0.25, 0.3) is 11.3 Å². The number of hydrogen-bond donors (Lipinski definition) is 2. The first kappa shape index (κ1) is 21.9. The second-order valence-electron chi connectivity index (χ2n) is 8.40. The average molecular weight is 479 g/mol. The number of carbonyl (C=O) groups is 3. The molecule has 174 valence electrons. The first-order valence-electron chi connectivity index (χ1n) is 10.7. The zero-order chi connectivity index (χ0) is 23.9. The summed E-state index contributed by atoms with van der Waals surface area (Å²) in [6.45, 7) is 3.34. The summed E-state index contributed by atoms with van der Waals surface area (Å²) in [6, 6.07) is 12.1. The van der Waals surface area contributed by atoms with Gasteiger partial charge in [-0.25, -0.2) is 9.78 Å². The largest absolute Gasteiger partial charge is 0.454 e. The summed E-state index contributed by atoms with van der Waals surface area (Å²) < 4.78 is 10.7. The van der Waals surface area contributed by atoms with Crippen molar-refractivity contribution in [1.82, 2.24) is 15.2 Å². The Morgan fingerprint density at radius 3 is 2.82 bits per heavy atom. The van der Waals surface area contributed by atoms with E-state index in [-0.39, 0.29) is 19.8 Å². The Morgan fingerprint density at radius 1 is 1.21 bits per heavy atom. The van der Waals surface area contributed by atoms with E-state index in [0.717, 1.165) is 26.7 Å². The van der Waals surface area contributed by atoms with Crippen LogP contribution in [0.15, 0.2) is 47.8 Å². The molecule has 0 radical (unpaired) electrons. The zero-order valence-electron chi connectivity index (χ0n) is 18.6. The summed E-state index contributed by atoms with van der Waals surface area (Å²) in [5.41, 5.74) is 1.89. The van der Waals surface area contributed by atoms with Crippen molar-refractivity contribution in [2.45, 2.75) is 25.8 Å². The zero-order valence-corrected chi connectivity index (χ0v) is 19.4. The molecule has 1 aromatic heterocycles. The van der Waals surface area contributed by atoms with Crippen LogP contribution in [0.3, 0.4) is 0 Å². The molecule has 1 fully saturated rings. The highest BCUT2D eigenvalue weighted by Crippen LogP contribution is 2.34. The maximum absolute atomic E-state index is 13.1. The number of aromatic nitrogens is 1. The van der Waals surface area contributed by atoms with E-state index in [2.05, 4.69) is 15.6 Å². The standard InChI is InChI=1S/C24H22N4O5S/c1-14-25-18(12-34-14)16-4-3-5-17(9-16)26-21(29)11-28-22(30)24(2,27-23(28)31)10-15-6-7-19-20(8-15)33-13-32-19/h3-9,12H,10-11,13H2,1-2H3,(H,26,29)(H,27,31). The molecule has 0 bridgehead atoms. The number of benzene rings is 2. The lowest BCUT2D eigenvalue weighted by Crippen LogP contribution is -2.46. The summed E-state index contributed by atoms with van der Waals surface area (Å²) >= 11 is 1.55. The highest BCUT2D eigenvalue weighted by molar-refractivity contribution is 7.09. The lowest BCUT2D eigenvalue weighted by atomic mass is 9.92. The van der Waals surface area contributed by atoms with Crippen LogP contribution in [0, 0.1) is 6.92 Å². The van der Waals surface area contributed by atoms with Gasteiger partial charge in [-0.3, -0.25) is 14.5 Å². The molecule has 1 unspecified atom stereocenters. The molecule has 0 spiro atoms. The fourth-order valence-corrected chi connectivity index (χ4v) is 4.69. The van der Waals surface area contributed by atoms with E-state index in [0.29, 0.717) is 17.2 Å². The molecular weight excluding hydrogens is 456 g/mol. The van der Waals surface area contributed by atoms with Gasteiger partial charge in [-0.2, -0.15) is 0 Å². The molecule has 3 aromatic rings. The normalized spacial score (nSPS) is 18.8. The number of anilines is 1. The number of hydrogen-bond acceptors (Lipinski definition) is 7. The topological polar surface area (TPSA) is 110 Å². The van der Waals surface area contributed by atoms with Crippen LogP contribution in [0.2, 0.25) is 0 Å². The maximum Gasteiger partial charge on any atom is 0.325 e. The van der Waals surface area contributed by atoms with Crippen molar-refractivity contribution in [1.29, 1.82) is 0 Å². The number of nitrogens with zero attached hydrogens (tertiary/aromatic N) is 2. The number of rotatable bonds is 6. The van der Waals surface area contributed by atoms with Crippen molar-refractivity contribution in [3.05, 3.63) is 58.4 Å². The average Bonchev–Trinajstić information content (AvgIpc) is 3.49. The first-order valence-corrected chi connectivity index (χ1v) is 11.5. The second kappa shape index (κ2) is 8.45. The van der Waals surface area contributed by atoms with Crippen LogP contribution in [-0.2, 0) is 16.0 Å². The maximum atomic E-state index is 13.1. The molecular formula is C24H22N4O5S. The third kappa shape index (κ3) is 4.19. The summed E-state index contributed by atoms with van der Waals surface area (Å²) in [5.74, 6) is 0.312. The number of urea groups is 1. The van der Waals surface area contributed by atoms with Crippen molar-refractivity contribution >= 4 is 34.9 Å². The molecule has 3 heterocycles. The molecule has 5 rings (SSSR count). The van der Waals surface area contributed by atoms with Gasteiger partial charge in [-0.1, -0.05) is 18.2 Å². The minimum absolute atomic E-state index is 0.154. The van der Waals surface area contributed by atoms with Gasteiger partial charge in [0, 0.05) is 23.1 Å². The fourth-order valence-electron chi connectivity index (χ4n) is 4.07. The van der Waals surface area contributed by atoms with Crippen LogP contribution >= 0.6 is 11.3 Å². The second-order valence-corrected chi connectivity index (χ2v) is 9.46. The number of imide groups is 1. The highest BCUT2D eigenvalue weighted by Gasteiger charge is 2.48. The van der Waals surface area contributed by atoms with Gasteiger partial charge in [-0.15, -0.1) is 11.3 Å². The van der Waals surface area contributed by atoms with E-state index < -0.39 is 23.4 Å². The molecule has 2 aromatic carbocycles. The number of amides is 4. The van der Waals surface area contributed by atoms with E-state index in [9.17, 15) is 14.4 Å². The van der Waals surface area contributed by atoms with E-state index in [4.69, 9.17) is 9.47 Å². The van der Waals surface area contributed by atoms with Crippen LogP contribution in [0.5, 0.6) is 11.5 Å². The van der Waals surface area contributed by atoms with Gasteiger partial charge >= 0.3 is 6.03 Å². The van der Waals surface area contributed by atoms with Gasteiger partial charge in [0.1, 0.15) is 12.1 Å². The molecule has 0 aliphatic carbocycles. The quantitative estimate of drug-likeness (QED) is 0.526. The van der Waals surface area contributed by atoms with Gasteiger partial charge in [0.05, 0.1) is 10.7 Å². The number of aryl methyl sites for hydroxylation is 1. The van der Waals surface area contributed by atoms with Crippen LogP contribution in [0.1, 0.15) is 17.5 Å². The third-order valence-electron chi connectivity index (χ3n) is 5.70. The lowest BCUT2D eigenvalue weighted by Gasteiger charge is -2.22. The SMILES string of the molecule is Cc1nc(-c2cccc(NC(=O)CN3C(=O)NC(C)(Cc4ccc5c(c4)OCO5)C3=O)c2)cs1. The van der Waals surface area contributed by atoms with Crippen molar-refractivity contribution in [2.24, 2.45) is 0 Å². The molecule has 2 aliphatic heterocycles. The monoisotopic (exact) mass is 478 g/mol. The Balaban J connectivity index is 1.25. The number of ether oxygens (including phenoxy) is 2. The van der Waals surface area contributed by atoms with Crippen LogP contribution in [-0.4, -0.2) is 46.6 Å². The van der Waals surface area contributed by atoms with Crippen molar-refractivity contribution in [2.75, 3.05) is 18.7 Å². The summed E-state index contributed by atoms with van der Waals surface area (Å²) in [6.07, 6.45) is 0.251. The minimum Gasteiger partial charge on any atom is -0.454 e. The Hall–Kier alpha value is -3.92. The van der Waals surface area contributed by atoms with Crippen molar-refractivity contribution < 1.29 is 23.9 Å². The Labute approximate surface area is 199 Å². The fraction of sp³-hybridized carbons (Fsp3) is 0.250. The smallest absolute Gasteiger partial charge is 0.325 e.